The molecule has 1 rings (SSSR count). The van der Waals surface area contributed by atoms with Crippen molar-refractivity contribution in [2.75, 3.05) is 5.73 Å². The van der Waals surface area contributed by atoms with Crippen LogP contribution in [0.3, 0.4) is 0 Å². The van der Waals surface area contributed by atoms with Gasteiger partial charge in [-0.1, -0.05) is 11.6 Å². The second-order valence-corrected chi connectivity index (χ2v) is 2.32. The van der Waals surface area contributed by atoms with E-state index in [1.165, 1.54) is 6.07 Å². The number of hydrogen-bond acceptors (Lipinski definition) is 5. The van der Waals surface area contributed by atoms with Crippen LogP contribution in [0.5, 0.6) is 0 Å². The van der Waals surface area contributed by atoms with Crippen molar-refractivity contribution in [3.63, 3.8) is 0 Å². The van der Waals surface area contributed by atoms with Crippen molar-refractivity contribution < 1.29 is 0 Å². The van der Waals surface area contributed by atoms with Crippen LogP contribution < -0.4 is 5.73 Å². The number of nitrogens with two attached hydrogens (primary N) is 1. The van der Waals surface area contributed by atoms with Gasteiger partial charge in [0.15, 0.2) is 11.4 Å². The molecule has 12 heavy (non-hydrogen) atoms. The predicted molar refractivity (Wildman–Crippen MR) is 43.8 cm³/mol. The minimum absolute atomic E-state index is 0.0570. The number of anilines is 1. The smallest absolute Gasteiger partial charge is 0.173 e. The van der Waals surface area contributed by atoms with Gasteiger partial charge in [0.1, 0.15) is 11.2 Å². The summed E-state index contributed by atoms with van der Waals surface area (Å²) < 4.78 is 0. The van der Waals surface area contributed by atoms with E-state index in [2.05, 4.69) is 10.2 Å². The van der Waals surface area contributed by atoms with Crippen LogP contribution in [0.4, 0.5) is 11.4 Å². The summed E-state index contributed by atoms with van der Waals surface area (Å²) in [6, 6.07) is 2.92. The number of halogens is 1. The summed E-state index contributed by atoms with van der Waals surface area (Å²) in [4.78, 5) is 13.7. The summed E-state index contributed by atoms with van der Waals surface area (Å²) in [7, 11) is 0. The van der Waals surface area contributed by atoms with Gasteiger partial charge < -0.3 is 5.73 Å². The van der Waals surface area contributed by atoms with E-state index in [1.54, 1.807) is 6.07 Å². The Morgan fingerprint density at radius 2 is 2.42 bits per heavy atom. The van der Waals surface area contributed by atoms with E-state index < -0.39 is 0 Å². The van der Waals surface area contributed by atoms with Gasteiger partial charge in [-0.2, -0.15) is 5.26 Å². The molecule has 0 aliphatic carbocycles. The van der Waals surface area contributed by atoms with Crippen LogP contribution >= 0.6 is 11.6 Å². The van der Waals surface area contributed by atoms with Gasteiger partial charge >= 0.3 is 0 Å². The third-order valence-corrected chi connectivity index (χ3v) is 1.38. The average Bonchev–Trinajstić information content (AvgIpc) is 2.03. The fourth-order valence-corrected chi connectivity index (χ4v) is 0.901. The Hall–Kier alpha value is -1.67. The molecule has 2 N–H and O–H groups in total. The molecule has 1 aromatic heterocycles. The van der Waals surface area contributed by atoms with E-state index in [0.29, 0.717) is 0 Å². The summed E-state index contributed by atoms with van der Waals surface area (Å²) in [6.07, 6.45) is 0. The summed E-state index contributed by atoms with van der Waals surface area (Å²) in [5, 5.41) is 11.1. The lowest BCUT2D eigenvalue weighted by atomic mass is 10.3. The fraction of sp³-hybridized carbons (Fsp3) is 0. The number of nitrogen functional groups attached to an aromatic ring is 1. The number of hydrogen-bond donors (Lipinski definition) is 1. The zero-order valence-electron chi connectivity index (χ0n) is 5.78. The highest BCUT2D eigenvalue weighted by Crippen LogP contribution is 2.26. The highest BCUT2D eigenvalue weighted by molar-refractivity contribution is 6.29. The molecule has 1 heterocycles. The number of aromatic nitrogens is 1. The second kappa shape index (κ2) is 3.15. The molecule has 0 spiro atoms. The maximum Gasteiger partial charge on any atom is 0.173 e. The van der Waals surface area contributed by atoms with Crippen molar-refractivity contribution in [2.24, 2.45) is 5.18 Å². The normalized spacial score (nSPS) is 9.00. The van der Waals surface area contributed by atoms with Crippen LogP contribution in [0.15, 0.2) is 11.2 Å². The quantitative estimate of drug-likeness (QED) is 0.527. The summed E-state index contributed by atoms with van der Waals surface area (Å²) in [6.45, 7) is 0. The summed E-state index contributed by atoms with van der Waals surface area (Å²) >= 11 is 5.47. The van der Waals surface area contributed by atoms with Crippen molar-refractivity contribution in [3.8, 4) is 6.07 Å². The van der Waals surface area contributed by atoms with E-state index in [9.17, 15) is 4.91 Å². The minimum atomic E-state index is -0.165. The van der Waals surface area contributed by atoms with E-state index in [1.807, 2.05) is 0 Å². The summed E-state index contributed by atoms with van der Waals surface area (Å²) in [5.74, 6) is 0. The van der Waals surface area contributed by atoms with Gasteiger partial charge in [-0.05, 0) is 5.18 Å². The highest BCUT2D eigenvalue weighted by Gasteiger charge is 2.09. The van der Waals surface area contributed by atoms with Crippen molar-refractivity contribution in [2.45, 2.75) is 0 Å². The lowest BCUT2D eigenvalue weighted by molar-refractivity contribution is 1.24. The van der Waals surface area contributed by atoms with Crippen molar-refractivity contribution in [1.82, 2.24) is 4.98 Å². The Morgan fingerprint density at radius 3 is 2.92 bits per heavy atom. The van der Waals surface area contributed by atoms with Crippen molar-refractivity contribution in [1.29, 1.82) is 5.26 Å². The molecular weight excluding hydrogens is 180 g/mol. The van der Waals surface area contributed by atoms with Crippen LogP contribution in [-0.2, 0) is 0 Å². The maximum atomic E-state index is 10.2. The topological polar surface area (TPSA) is 92.1 Å². The van der Waals surface area contributed by atoms with Crippen LogP contribution in [0, 0.1) is 16.2 Å². The van der Waals surface area contributed by atoms with E-state index in [0.717, 1.165) is 0 Å². The zero-order valence-corrected chi connectivity index (χ0v) is 6.54. The third-order valence-electron chi connectivity index (χ3n) is 1.19. The molecule has 0 aliphatic heterocycles. The van der Waals surface area contributed by atoms with Crippen molar-refractivity contribution >= 4 is 23.0 Å². The molecule has 5 nitrogen and oxygen atoms in total. The molecule has 0 atom stereocenters. The number of pyridine rings is 1. The maximum absolute atomic E-state index is 10.2. The summed E-state index contributed by atoms with van der Waals surface area (Å²) in [5.41, 5.74) is 5.07. The van der Waals surface area contributed by atoms with Gasteiger partial charge in [0, 0.05) is 6.07 Å². The Labute approximate surface area is 72.7 Å². The first-order valence-corrected chi connectivity index (χ1v) is 3.26. The number of nitroso groups, excluding NO2 is 1. The minimum Gasteiger partial charge on any atom is -0.397 e. The first-order chi connectivity index (χ1) is 5.69. The number of rotatable bonds is 1. The Bertz CT molecular complexity index is 371. The third kappa shape index (κ3) is 1.33. The van der Waals surface area contributed by atoms with E-state index in [4.69, 9.17) is 22.6 Å². The highest BCUT2D eigenvalue weighted by atomic mass is 35.5. The molecule has 0 amide bonds. The van der Waals surface area contributed by atoms with Gasteiger partial charge in [0.2, 0.25) is 0 Å². The molecule has 0 fully saturated rings. The molecule has 6 heteroatoms. The fourth-order valence-electron chi connectivity index (χ4n) is 0.699. The second-order valence-electron chi connectivity index (χ2n) is 1.93. The monoisotopic (exact) mass is 182 g/mol. The van der Waals surface area contributed by atoms with Gasteiger partial charge in [0.05, 0.1) is 5.69 Å². The molecular formula is C6H3ClN4O. The molecule has 60 valence electrons. The number of nitrogens with zero attached hydrogens (tertiary/aromatic N) is 3. The number of nitriles is 1. The van der Waals surface area contributed by atoms with Crippen LogP contribution in [-0.4, -0.2) is 4.98 Å². The molecule has 0 radical (unpaired) electrons. The largest absolute Gasteiger partial charge is 0.397 e. The molecule has 1 aromatic rings. The van der Waals surface area contributed by atoms with E-state index >= 15 is 0 Å². The lowest BCUT2D eigenvalue weighted by Crippen LogP contribution is -1.91. The van der Waals surface area contributed by atoms with Gasteiger partial charge in [-0.25, -0.2) is 4.98 Å². The van der Waals surface area contributed by atoms with Crippen LogP contribution in [0.25, 0.3) is 0 Å². The molecule has 0 saturated carbocycles. The van der Waals surface area contributed by atoms with Crippen molar-refractivity contribution in [3.05, 3.63) is 21.8 Å². The Morgan fingerprint density at radius 1 is 1.75 bits per heavy atom. The van der Waals surface area contributed by atoms with Crippen LogP contribution in [0.2, 0.25) is 5.15 Å². The van der Waals surface area contributed by atoms with Gasteiger partial charge in [-0.3, -0.25) is 0 Å². The molecule has 0 bridgehead atoms. The first kappa shape index (κ1) is 8.43. The standard InChI is InChI=1S/C6H3ClN4O/c7-5-1-3(9)6(11-12)4(2-8)10-5/h1H,(H2,9,10). The van der Waals surface area contributed by atoms with E-state index in [-0.39, 0.29) is 22.2 Å². The predicted octanol–water partition coefficient (Wildman–Crippen LogP) is 1.59. The first-order valence-electron chi connectivity index (χ1n) is 2.88. The lowest BCUT2D eigenvalue weighted by Gasteiger charge is -1.98. The molecule has 0 saturated heterocycles. The van der Waals surface area contributed by atoms with Gasteiger partial charge in [0.25, 0.3) is 0 Å². The van der Waals surface area contributed by atoms with Gasteiger partial charge in [-0.15, -0.1) is 4.91 Å². The zero-order chi connectivity index (χ0) is 9.14. The Balaban J connectivity index is 3.46. The molecule has 0 unspecified atom stereocenters. The molecule has 0 aliphatic rings. The van der Waals surface area contributed by atoms with Crippen LogP contribution in [0.1, 0.15) is 5.69 Å². The molecule has 0 aromatic carbocycles. The Kier molecular flexibility index (Phi) is 2.21. The SMILES string of the molecule is N#Cc1nc(Cl)cc(N)c1N=O. The average molecular weight is 183 g/mol.